The molecule has 0 amide bonds. The molecule has 0 fully saturated rings. The number of thioether (sulfide) groups is 1. The third-order valence-electron chi connectivity index (χ3n) is 2.66. The molecule has 0 aliphatic rings. The van der Waals surface area contributed by atoms with Gasteiger partial charge in [-0.1, -0.05) is 43.8 Å². The Labute approximate surface area is 126 Å². The minimum absolute atomic E-state index is 0.112. The van der Waals surface area contributed by atoms with Gasteiger partial charge >= 0.3 is 5.97 Å². The maximum Gasteiger partial charge on any atom is 0.314 e. The molecule has 1 heterocycles. The van der Waals surface area contributed by atoms with Gasteiger partial charge in [0.25, 0.3) is 11.1 Å². The molecular formula is C14H16N2O4S. The largest absolute Gasteiger partial charge is 0.484 e. The van der Waals surface area contributed by atoms with Crippen LogP contribution in [0.3, 0.4) is 0 Å². The van der Waals surface area contributed by atoms with E-state index >= 15 is 0 Å². The van der Waals surface area contributed by atoms with Crippen molar-refractivity contribution in [3.8, 4) is 5.75 Å². The van der Waals surface area contributed by atoms with Crippen LogP contribution in [0, 0.1) is 0 Å². The molecule has 7 heteroatoms. The Morgan fingerprint density at radius 3 is 2.86 bits per heavy atom. The molecule has 0 unspecified atom stereocenters. The molecule has 0 radical (unpaired) electrons. The number of aromatic nitrogens is 2. The summed E-state index contributed by atoms with van der Waals surface area (Å²) < 4.78 is 11.0. The molecule has 0 spiro atoms. The number of ether oxygens (including phenoxy) is 1. The zero-order valence-electron chi connectivity index (χ0n) is 11.8. The first-order valence-electron chi connectivity index (χ1n) is 6.45. The number of carbonyl (C=O) groups is 1. The maximum atomic E-state index is 10.5. The molecule has 112 valence electrons. The highest BCUT2D eigenvalue weighted by Gasteiger charge is 2.11. The number of para-hydroxylation sites is 1. The number of benzene rings is 1. The van der Waals surface area contributed by atoms with Crippen molar-refractivity contribution >= 4 is 17.7 Å². The van der Waals surface area contributed by atoms with Crippen LogP contribution in [0.15, 0.2) is 33.9 Å². The lowest BCUT2D eigenvalue weighted by molar-refractivity contribution is -0.133. The quantitative estimate of drug-likeness (QED) is 0.787. The molecule has 0 bridgehead atoms. The van der Waals surface area contributed by atoms with Crippen LogP contribution < -0.4 is 4.74 Å². The molecule has 0 atom stereocenters. The van der Waals surface area contributed by atoms with Crippen LogP contribution in [0.4, 0.5) is 0 Å². The van der Waals surface area contributed by atoms with E-state index in [1.807, 2.05) is 24.3 Å². The first kappa shape index (κ1) is 15.4. The predicted octanol–water partition coefficient (Wildman–Crippen LogP) is 2.95. The van der Waals surface area contributed by atoms with E-state index in [4.69, 9.17) is 14.3 Å². The summed E-state index contributed by atoms with van der Waals surface area (Å²) in [7, 11) is 0. The fourth-order valence-electron chi connectivity index (χ4n) is 1.71. The van der Waals surface area contributed by atoms with Crippen LogP contribution in [0.25, 0.3) is 0 Å². The third-order valence-corrected chi connectivity index (χ3v) is 3.46. The van der Waals surface area contributed by atoms with Gasteiger partial charge < -0.3 is 14.3 Å². The van der Waals surface area contributed by atoms with E-state index in [1.54, 1.807) is 0 Å². The monoisotopic (exact) mass is 308 g/mol. The van der Waals surface area contributed by atoms with Crippen molar-refractivity contribution in [2.75, 3.05) is 5.75 Å². The molecule has 0 saturated heterocycles. The molecule has 21 heavy (non-hydrogen) atoms. The topological polar surface area (TPSA) is 85.5 Å². The predicted molar refractivity (Wildman–Crippen MR) is 77.5 cm³/mol. The number of hydrogen-bond donors (Lipinski definition) is 1. The molecule has 1 aromatic heterocycles. The van der Waals surface area contributed by atoms with Crippen molar-refractivity contribution < 1.29 is 19.1 Å². The second-order valence-electron chi connectivity index (χ2n) is 4.63. The molecule has 0 aliphatic carbocycles. The van der Waals surface area contributed by atoms with Crippen molar-refractivity contribution in [3.05, 3.63) is 35.7 Å². The van der Waals surface area contributed by atoms with Gasteiger partial charge in [-0.25, -0.2) is 0 Å². The summed E-state index contributed by atoms with van der Waals surface area (Å²) in [6.45, 7) is 4.34. The summed E-state index contributed by atoms with van der Waals surface area (Å²) >= 11 is 0.984. The van der Waals surface area contributed by atoms with Crippen molar-refractivity contribution in [2.45, 2.75) is 31.6 Å². The molecule has 2 rings (SSSR count). The van der Waals surface area contributed by atoms with Gasteiger partial charge in [-0.05, 0) is 17.5 Å². The highest BCUT2D eigenvalue weighted by Crippen LogP contribution is 2.26. The third kappa shape index (κ3) is 4.49. The van der Waals surface area contributed by atoms with Crippen LogP contribution in [0.5, 0.6) is 5.75 Å². The zero-order chi connectivity index (χ0) is 15.2. The van der Waals surface area contributed by atoms with Crippen molar-refractivity contribution in [1.29, 1.82) is 0 Å². The summed E-state index contributed by atoms with van der Waals surface area (Å²) in [4.78, 5) is 10.5. The molecule has 0 saturated carbocycles. The average Bonchev–Trinajstić information content (AvgIpc) is 2.91. The van der Waals surface area contributed by atoms with Crippen LogP contribution >= 0.6 is 11.8 Å². The van der Waals surface area contributed by atoms with Gasteiger partial charge in [0.1, 0.15) is 11.5 Å². The first-order valence-corrected chi connectivity index (χ1v) is 7.43. The highest BCUT2D eigenvalue weighted by atomic mass is 32.2. The Hall–Kier alpha value is -2.02. The van der Waals surface area contributed by atoms with Gasteiger partial charge in [-0.2, -0.15) is 0 Å². The van der Waals surface area contributed by atoms with Crippen LogP contribution in [-0.4, -0.2) is 27.0 Å². The van der Waals surface area contributed by atoms with E-state index in [0.717, 1.165) is 23.1 Å². The van der Waals surface area contributed by atoms with Crippen molar-refractivity contribution in [2.24, 2.45) is 0 Å². The van der Waals surface area contributed by atoms with Crippen molar-refractivity contribution in [3.63, 3.8) is 0 Å². The fourth-order valence-corrected chi connectivity index (χ4v) is 2.21. The molecule has 2 aromatic rings. The van der Waals surface area contributed by atoms with E-state index in [1.165, 1.54) is 0 Å². The number of aliphatic carboxylic acids is 1. The Balaban J connectivity index is 1.96. The minimum Gasteiger partial charge on any atom is -0.484 e. The van der Waals surface area contributed by atoms with Gasteiger partial charge in [0.15, 0.2) is 6.61 Å². The second kappa shape index (κ2) is 7.12. The lowest BCUT2D eigenvalue weighted by Crippen LogP contribution is -2.00. The van der Waals surface area contributed by atoms with Crippen LogP contribution in [0.1, 0.15) is 31.2 Å². The van der Waals surface area contributed by atoms with Crippen LogP contribution in [-0.2, 0) is 11.4 Å². The average molecular weight is 308 g/mol. The van der Waals surface area contributed by atoms with E-state index in [9.17, 15) is 4.79 Å². The van der Waals surface area contributed by atoms with Gasteiger partial charge in [0, 0.05) is 0 Å². The molecular weight excluding hydrogens is 292 g/mol. The van der Waals surface area contributed by atoms with Gasteiger partial charge in [-0.3, -0.25) is 4.79 Å². The Bertz CT molecular complexity index is 613. The number of hydrogen-bond acceptors (Lipinski definition) is 6. The maximum absolute atomic E-state index is 10.5. The molecule has 6 nitrogen and oxygen atoms in total. The first-order chi connectivity index (χ1) is 10.1. The Morgan fingerprint density at radius 1 is 1.38 bits per heavy atom. The summed E-state index contributed by atoms with van der Waals surface area (Å²) in [6.07, 6.45) is 0. The minimum atomic E-state index is -0.929. The summed E-state index contributed by atoms with van der Waals surface area (Å²) in [5.74, 6) is 0.415. The molecule has 1 N–H and O–H groups in total. The summed E-state index contributed by atoms with van der Waals surface area (Å²) in [5.41, 5.74) is 1.11. The van der Waals surface area contributed by atoms with E-state index in [0.29, 0.717) is 11.8 Å². The second-order valence-corrected chi connectivity index (χ2v) is 5.55. The Kier molecular flexibility index (Phi) is 5.21. The fraction of sp³-hybridized carbons (Fsp3) is 0.357. The Morgan fingerprint density at radius 2 is 2.14 bits per heavy atom. The zero-order valence-corrected chi connectivity index (χ0v) is 12.6. The van der Waals surface area contributed by atoms with E-state index in [2.05, 4.69) is 24.0 Å². The van der Waals surface area contributed by atoms with E-state index < -0.39 is 5.97 Å². The van der Waals surface area contributed by atoms with Crippen molar-refractivity contribution in [1.82, 2.24) is 10.2 Å². The summed E-state index contributed by atoms with van der Waals surface area (Å²) in [6, 6.07) is 7.78. The standard InChI is InChI=1S/C14H16N2O4S/c1-9(2)10-5-3-4-6-11(10)19-7-12-15-16-14(20-12)21-8-13(17)18/h3-6,9H,7-8H2,1-2H3,(H,17,18). The highest BCUT2D eigenvalue weighted by molar-refractivity contribution is 7.99. The lowest BCUT2D eigenvalue weighted by atomic mass is 10.0. The van der Waals surface area contributed by atoms with E-state index in [-0.39, 0.29) is 17.6 Å². The SMILES string of the molecule is CC(C)c1ccccc1OCc1nnc(SCC(=O)O)o1. The lowest BCUT2D eigenvalue weighted by Gasteiger charge is -2.12. The van der Waals surface area contributed by atoms with Crippen LogP contribution in [0.2, 0.25) is 0 Å². The normalized spacial score (nSPS) is 10.8. The molecule has 0 aliphatic heterocycles. The molecule has 1 aromatic carbocycles. The smallest absolute Gasteiger partial charge is 0.314 e. The van der Waals surface area contributed by atoms with Gasteiger partial charge in [0.2, 0.25) is 0 Å². The summed E-state index contributed by atoms with van der Waals surface area (Å²) in [5, 5.41) is 16.4. The van der Waals surface area contributed by atoms with Gasteiger partial charge in [-0.15, -0.1) is 10.2 Å². The number of rotatable bonds is 7. The number of nitrogens with zero attached hydrogens (tertiary/aromatic N) is 2. The van der Waals surface area contributed by atoms with Gasteiger partial charge in [0.05, 0.1) is 0 Å². The number of carboxylic acid groups (broad SMARTS) is 1. The number of carboxylic acids is 1.